The highest BCUT2D eigenvalue weighted by Crippen LogP contribution is 2.18. The number of pyridine rings is 1. The van der Waals surface area contributed by atoms with Crippen molar-refractivity contribution in [3.8, 4) is 0 Å². The van der Waals surface area contributed by atoms with Crippen molar-refractivity contribution in [2.45, 2.75) is 142 Å². The van der Waals surface area contributed by atoms with Crippen LogP contribution >= 0.6 is 0 Å². The van der Waals surface area contributed by atoms with E-state index in [0.29, 0.717) is 30.0 Å². The van der Waals surface area contributed by atoms with Gasteiger partial charge in [-0.05, 0) is 31.4 Å². The predicted octanol–water partition coefficient (Wildman–Crippen LogP) is 5.79. The number of nitrogens with zero attached hydrogens (tertiary/aromatic N) is 4. The van der Waals surface area contributed by atoms with Crippen molar-refractivity contribution >= 4 is 29.3 Å². The van der Waals surface area contributed by atoms with Gasteiger partial charge in [0.2, 0.25) is 0 Å². The number of anilines is 2. The molecule has 1 unspecified atom stereocenters. The van der Waals surface area contributed by atoms with E-state index in [1.807, 2.05) is 6.07 Å². The molecular formula is C42H68N6O8. The number of carbonyl (C=O) groups is 3. The molecular weight excluding hydrogens is 716 g/mol. The number of unbranched alkanes of at least 4 members (excludes halogenated alkanes) is 15. The number of aliphatic carboxylic acids is 3. The smallest absolute Gasteiger partial charge is 0.320 e. The molecule has 0 saturated carbocycles. The fourth-order valence-electron chi connectivity index (χ4n) is 7.52. The molecule has 1 atom stereocenters. The minimum Gasteiger partial charge on any atom is -0.480 e. The molecule has 1 aliphatic rings. The predicted molar refractivity (Wildman–Crippen MR) is 220 cm³/mol. The van der Waals surface area contributed by atoms with E-state index in [2.05, 4.69) is 22.5 Å². The Morgan fingerprint density at radius 1 is 0.625 bits per heavy atom. The van der Waals surface area contributed by atoms with E-state index in [1.54, 1.807) is 26.8 Å². The van der Waals surface area contributed by atoms with Gasteiger partial charge in [0.25, 0.3) is 10.9 Å². The Morgan fingerprint density at radius 3 is 1.45 bits per heavy atom. The van der Waals surface area contributed by atoms with Gasteiger partial charge in [-0.25, -0.2) is 0 Å². The van der Waals surface area contributed by atoms with Gasteiger partial charge in [-0.3, -0.25) is 43.7 Å². The van der Waals surface area contributed by atoms with Crippen LogP contribution in [0.3, 0.4) is 0 Å². The number of hydrogen-bond acceptors (Lipinski definition) is 11. The zero-order valence-corrected chi connectivity index (χ0v) is 33.8. The molecule has 2 aromatic rings. The summed E-state index contributed by atoms with van der Waals surface area (Å²) < 4.78 is 0. The average molecular weight is 785 g/mol. The van der Waals surface area contributed by atoms with E-state index in [1.165, 1.54) is 83.5 Å². The summed E-state index contributed by atoms with van der Waals surface area (Å²) in [6.07, 6.45) is 21.1. The summed E-state index contributed by atoms with van der Waals surface area (Å²) in [5.74, 6) is -3.06. The Bertz CT molecular complexity index is 1480. The normalized spacial score (nSPS) is 15.2. The largest absolute Gasteiger partial charge is 0.480 e. The lowest BCUT2D eigenvalue weighted by Crippen LogP contribution is -2.49. The van der Waals surface area contributed by atoms with Crippen molar-refractivity contribution in [2.24, 2.45) is 0 Å². The van der Waals surface area contributed by atoms with E-state index in [9.17, 15) is 39.3 Å². The lowest BCUT2D eigenvalue weighted by atomic mass is 10.0. The maximum atomic E-state index is 12.6. The zero-order chi connectivity index (χ0) is 40.5. The Hall–Kier alpha value is -3.88. The Morgan fingerprint density at radius 2 is 1.04 bits per heavy atom. The van der Waals surface area contributed by atoms with Crippen LogP contribution in [-0.2, 0) is 27.5 Å². The van der Waals surface area contributed by atoms with Crippen molar-refractivity contribution in [2.75, 3.05) is 63.0 Å². The van der Waals surface area contributed by atoms with E-state index < -0.39 is 34.8 Å². The van der Waals surface area contributed by atoms with Crippen LogP contribution in [0.4, 0.5) is 11.4 Å². The molecule has 56 heavy (non-hydrogen) atoms. The lowest BCUT2D eigenvalue weighted by molar-refractivity contribution is -0.145. The maximum Gasteiger partial charge on any atom is 0.320 e. The second-order valence-corrected chi connectivity index (χ2v) is 15.4. The highest BCUT2D eigenvalue weighted by atomic mass is 16.4. The van der Waals surface area contributed by atoms with Crippen LogP contribution in [0, 0.1) is 0 Å². The molecule has 0 saturated heterocycles. The molecule has 1 aromatic heterocycles. The number of fused-ring (bicyclic) bond motifs is 2. The number of aromatic nitrogens is 1. The van der Waals surface area contributed by atoms with E-state index in [4.69, 9.17) is 0 Å². The van der Waals surface area contributed by atoms with Crippen LogP contribution in [0.25, 0.3) is 0 Å². The van der Waals surface area contributed by atoms with Crippen molar-refractivity contribution in [3.05, 3.63) is 50.0 Å². The Labute approximate surface area is 332 Å². The third-order valence-corrected chi connectivity index (χ3v) is 10.7. The standard InChI is InChI=1S/C42H68N6O8/c1-2-3-4-5-6-7-8-9-10-11-12-13-14-15-16-17-23-43-38-39(41(54)40(38)53)44-24-19-22-35(42(55)56)48-27-25-46(31-36(49)50)29-33-20-18-21-34(45-33)30-47(26-28-48)32-37(51)52/h18,20-21,35,43-44H,2-17,19,22-32H2,1H3,(H,49,50)(H,51,52)(H,55,56). The first-order chi connectivity index (χ1) is 27.1. The van der Waals surface area contributed by atoms with Gasteiger partial charge in [-0.1, -0.05) is 109 Å². The zero-order valence-electron chi connectivity index (χ0n) is 33.8. The van der Waals surface area contributed by atoms with Crippen molar-refractivity contribution in [1.82, 2.24) is 19.7 Å². The van der Waals surface area contributed by atoms with Gasteiger partial charge >= 0.3 is 17.9 Å². The SMILES string of the molecule is CCCCCCCCCCCCCCCCCCNc1c(NCCCC(C(=O)O)N2CCN(CC(=O)O)Cc3cccc(n3)CN(CC(=O)O)CC2)c(=O)c1=O. The van der Waals surface area contributed by atoms with Crippen molar-refractivity contribution in [3.63, 3.8) is 0 Å². The fraction of sp³-hybridized carbons (Fsp3) is 0.714. The third-order valence-electron chi connectivity index (χ3n) is 10.7. The van der Waals surface area contributed by atoms with Crippen LogP contribution in [0.1, 0.15) is 134 Å². The number of carboxylic acid groups (broad SMARTS) is 3. The highest BCUT2D eigenvalue weighted by molar-refractivity contribution is 5.74. The Balaban J connectivity index is 1.41. The summed E-state index contributed by atoms with van der Waals surface area (Å²) in [4.78, 5) is 70.4. The molecule has 0 amide bonds. The lowest BCUT2D eigenvalue weighted by Gasteiger charge is -2.33. The number of rotatable bonds is 29. The summed E-state index contributed by atoms with van der Waals surface area (Å²) >= 11 is 0. The molecule has 2 heterocycles. The molecule has 0 aliphatic carbocycles. The summed E-state index contributed by atoms with van der Waals surface area (Å²) in [6.45, 7) is 4.14. The Kier molecular flexibility index (Phi) is 22.3. The minimum atomic E-state index is -1.05. The van der Waals surface area contributed by atoms with Gasteiger partial charge < -0.3 is 26.0 Å². The van der Waals surface area contributed by atoms with Crippen LogP contribution in [0.15, 0.2) is 27.8 Å². The fourth-order valence-corrected chi connectivity index (χ4v) is 7.52. The number of carboxylic acids is 3. The number of nitrogens with one attached hydrogen (secondary N) is 2. The summed E-state index contributed by atoms with van der Waals surface area (Å²) in [7, 11) is 0. The first kappa shape index (κ1) is 46.5. The number of hydrogen-bond donors (Lipinski definition) is 5. The van der Waals surface area contributed by atoms with Crippen LogP contribution in [-0.4, -0.2) is 111 Å². The van der Waals surface area contributed by atoms with Crippen LogP contribution in [0.2, 0.25) is 0 Å². The minimum absolute atomic E-state index is 0.220. The molecule has 0 fully saturated rings. The first-order valence-corrected chi connectivity index (χ1v) is 21.2. The first-order valence-electron chi connectivity index (χ1n) is 21.2. The van der Waals surface area contributed by atoms with Gasteiger partial charge in [0.05, 0.1) is 24.5 Å². The molecule has 1 aromatic carbocycles. The molecule has 5 N–H and O–H groups in total. The topological polar surface area (TPSA) is 193 Å². The average Bonchev–Trinajstić information content (AvgIpc) is 3.15. The molecule has 3 rings (SSSR count). The second kappa shape index (κ2) is 26.9. The van der Waals surface area contributed by atoms with E-state index in [-0.39, 0.29) is 71.0 Å². The van der Waals surface area contributed by atoms with Gasteiger partial charge in [-0.15, -0.1) is 0 Å². The quantitative estimate of drug-likeness (QED) is 0.0492. The van der Waals surface area contributed by atoms with Crippen molar-refractivity contribution in [1.29, 1.82) is 0 Å². The molecule has 2 bridgehead atoms. The monoisotopic (exact) mass is 785 g/mol. The summed E-state index contributed by atoms with van der Waals surface area (Å²) in [5, 5.41) is 35.6. The van der Waals surface area contributed by atoms with E-state index in [0.717, 1.165) is 19.3 Å². The van der Waals surface area contributed by atoms with Crippen LogP contribution in [0.5, 0.6) is 0 Å². The summed E-state index contributed by atoms with van der Waals surface area (Å²) in [6, 6.07) is 4.45. The molecule has 14 heteroatoms. The second-order valence-electron chi connectivity index (χ2n) is 15.4. The highest BCUT2D eigenvalue weighted by Gasteiger charge is 2.28. The van der Waals surface area contributed by atoms with Crippen LogP contribution < -0.4 is 21.5 Å². The van der Waals surface area contributed by atoms with Gasteiger partial charge in [0.15, 0.2) is 0 Å². The van der Waals surface area contributed by atoms with Crippen molar-refractivity contribution < 1.29 is 29.7 Å². The van der Waals surface area contributed by atoms with Gasteiger partial charge in [0, 0.05) is 52.4 Å². The van der Waals surface area contributed by atoms with E-state index >= 15 is 0 Å². The molecule has 14 nitrogen and oxygen atoms in total. The van der Waals surface area contributed by atoms with Gasteiger partial charge in [0.1, 0.15) is 17.4 Å². The summed E-state index contributed by atoms with van der Waals surface area (Å²) in [5.41, 5.74) is 0.715. The maximum absolute atomic E-state index is 12.6. The molecule has 0 spiro atoms. The van der Waals surface area contributed by atoms with Gasteiger partial charge in [-0.2, -0.15) is 0 Å². The third kappa shape index (κ3) is 17.9. The molecule has 1 aliphatic heterocycles. The molecule has 0 radical (unpaired) electrons. The molecule has 314 valence electrons.